The third-order valence-corrected chi connectivity index (χ3v) is 0.903. The van der Waals surface area contributed by atoms with Gasteiger partial charge in [0.15, 0.2) is 0 Å². The third kappa shape index (κ3) is 1.84. The number of hydrogen-bond donors (Lipinski definition) is 1. The van der Waals surface area contributed by atoms with Crippen molar-refractivity contribution in [3.05, 3.63) is 22.8 Å². The lowest BCUT2D eigenvalue weighted by Crippen LogP contribution is -1.97. The largest absolute Gasteiger partial charge is 0.410 e. The van der Waals surface area contributed by atoms with Crippen LogP contribution in [-0.2, 0) is 0 Å². The van der Waals surface area contributed by atoms with E-state index < -0.39 is 0 Å². The van der Waals surface area contributed by atoms with Gasteiger partial charge in [-0.1, -0.05) is 6.92 Å². The Kier molecular flexibility index (Phi) is 2.94. The topological polar surface area (TPSA) is 54.2 Å². The fourth-order valence-corrected chi connectivity index (χ4v) is 0.336. The summed E-state index contributed by atoms with van der Waals surface area (Å²) in [6, 6.07) is 1.70. The first kappa shape index (κ1) is 7.52. The first-order chi connectivity index (χ1) is 4.26. The van der Waals surface area contributed by atoms with Gasteiger partial charge in [0.1, 0.15) is 0 Å². The van der Waals surface area contributed by atoms with Gasteiger partial charge in [0.05, 0.1) is 12.6 Å². The summed E-state index contributed by atoms with van der Waals surface area (Å²) < 4.78 is 0. The van der Waals surface area contributed by atoms with Crippen molar-refractivity contribution in [2.45, 2.75) is 13.3 Å². The van der Waals surface area contributed by atoms with Crippen LogP contribution in [0.15, 0.2) is 11.4 Å². The minimum atomic E-state index is 0.0116. The lowest BCUT2D eigenvalue weighted by Gasteiger charge is -1.91. The Bertz CT molecular complexity index is 185. The minimum absolute atomic E-state index is 0.0116. The Hall–Kier alpha value is -1.48. The Morgan fingerprint density at radius 1 is 1.89 bits per heavy atom. The van der Waals surface area contributed by atoms with Gasteiger partial charge in [-0.25, -0.2) is 10.1 Å². The summed E-state index contributed by atoms with van der Waals surface area (Å²) in [6.45, 7) is 8.26. The van der Waals surface area contributed by atoms with E-state index in [4.69, 9.17) is 17.6 Å². The van der Waals surface area contributed by atoms with Crippen LogP contribution in [0.1, 0.15) is 13.3 Å². The molecule has 0 aromatic heterocycles. The van der Waals surface area contributed by atoms with E-state index in [1.165, 1.54) is 0 Å². The van der Waals surface area contributed by atoms with Crippen LogP contribution in [0.2, 0.25) is 0 Å². The summed E-state index contributed by atoms with van der Waals surface area (Å²) in [5.74, 6) is 0. The predicted molar refractivity (Wildman–Crippen MR) is 33.7 cm³/mol. The molecule has 3 heteroatoms. The number of nitrogens with zero attached hydrogens (tertiary/aromatic N) is 2. The molecule has 9 heavy (non-hydrogen) atoms. The van der Waals surface area contributed by atoms with Crippen LogP contribution < -0.4 is 5.73 Å². The molecule has 0 heterocycles. The van der Waals surface area contributed by atoms with Crippen LogP contribution in [-0.4, -0.2) is 0 Å². The monoisotopic (exact) mass is 121 g/mol. The molecule has 0 unspecified atom stereocenters. The van der Waals surface area contributed by atoms with Crippen LogP contribution in [0.5, 0.6) is 0 Å². The summed E-state index contributed by atoms with van der Waals surface area (Å²) >= 11 is 0. The molecule has 0 spiro atoms. The third-order valence-electron chi connectivity index (χ3n) is 0.903. The molecule has 2 N–H and O–H groups in total. The van der Waals surface area contributed by atoms with Gasteiger partial charge in [0.2, 0.25) is 0 Å². The van der Waals surface area contributed by atoms with E-state index in [9.17, 15) is 0 Å². The Labute approximate surface area is 54.2 Å². The molecule has 0 amide bonds. The Morgan fingerprint density at radius 2 is 2.44 bits per heavy atom. The van der Waals surface area contributed by atoms with E-state index in [-0.39, 0.29) is 5.70 Å². The Balaban J connectivity index is 4.49. The Morgan fingerprint density at radius 3 is 2.56 bits per heavy atom. The second kappa shape index (κ2) is 3.51. The fourth-order valence-electron chi connectivity index (χ4n) is 0.336. The van der Waals surface area contributed by atoms with Crippen LogP contribution in [0.25, 0.3) is 4.85 Å². The van der Waals surface area contributed by atoms with Gasteiger partial charge >= 0.3 is 0 Å². The maximum Gasteiger partial charge on any atom is 0.279 e. The van der Waals surface area contributed by atoms with Crippen LogP contribution in [0.3, 0.4) is 0 Å². The number of nitriles is 1. The predicted octanol–water partition coefficient (Wildman–Crippen LogP) is 1.01. The van der Waals surface area contributed by atoms with Crippen molar-refractivity contribution in [1.29, 1.82) is 5.26 Å². The molecule has 0 saturated heterocycles. The molecule has 0 aliphatic carbocycles. The molecular formula is C6H7N3. The normalized spacial score (nSPS) is 11.0. The highest BCUT2D eigenvalue weighted by Crippen LogP contribution is 2.01. The van der Waals surface area contributed by atoms with E-state index >= 15 is 0 Å². The number of nitrogens with two attached hydrogens (primary N) is 1. The van der Waals surface area contributed by atoms with Crippen LogP contribution in [0, 0.1) is 17.9 Å². The maximum absolute atomic E-state index is 8.23. The minimum Gasteiger partial charge on any atom is -0.410 e. The van der Waals surface area contributed by atoms with Crippen molar-refractivity contribution >= 4 is 0 Å². The lowest BCUT2D eigenvalue weighted by molar-refractivity contribution is 1.05. The molecule has 0 atom stereocenters. The first-order valence-corrected chi connectivity index (χ1v) is 2.52. The molecule has 0 aliphatic rings. The second-order valence-electron chi connectivity index (χ2n) is 1.45. The smallest absolute Gasteiger partial charge is 0.279 e. The van der Waals surface area contributed by atoms with Gasteiger partial charge in [0, 0.05) is 5.70 Å². The van der Waals surface area contributed by atoms with Gasteiger partial charge in [-0.2, -0.15) is 0 Å². The molecule has 0 radical (unpaired) electrons. The van der Waals surface area contributed by atoms with Crippen molar-refractivity contribution in [3.63, 3.8) is 0 Å². The highest BCUT2D eigenvalue weighted by atomic mass is 14.7. The molecule has 0 aromatic rings. The highest BCUT2D eigenvalue weighted by Gasteiger charge is 1.96. The molecule has 0 bridgehead atoms. The van der Waals surface area contributed by atoms with Gasteiger partial charge in [-0.05, 0) is 6.42 Å². The molecular weight excluding hydrogens is 114 g/mol. The van der Waals surface area contributed by atoms with E-state index in [2.05, 4.69) is 4.85 Å². The molecule has 0 fully saturated rings. The maximum atomic E-state index is 8.23. The second-order valence-corrected chi connectivity index (χ2v) is 1.45. The SMILES string of the molecule is [C-]#[N+]/C(C#N)=C(\N)CC. The number of rotatable bonds is 1. The summed E-state index contributed by atoms with van der Waals surface area (Å²) in [6.07, 6.45) is 0.561. The summed E-state index contributed by atoms with van der Waals surface area (Å²) in [4.78, 5) is 2.92. The molecule has 3 nitrogen and oxygen atoms in total. The average molecular weight is 121 g/mol. The lowest BCUT2D eigenvalue weighted by atomic mass is 10.3. The molecule has 46 valence electrons. The van der Waals surface area contributed by atoms with Gasteiger partial charge < -0.3 is 5.73 Å². The first-order valence-electron chi connectivity index (χ1n) is 2.52. The summed E-state index contributed by atoms with van der Waals surface area (Å²) in [7, 11) is 0. The quantitative estimate of drug-likeness (QED) is 0.415. The van der Waals surface area contributed by atoms with Crippen molar-refractivity contribution in [3.8, 4) is 6.07 Å². The van der Waals surface area contributed by atoms with Gasteiger partial charge in [-0.15, -0.1) is 0 Å². The zero-order chi connectivity index (χ0) is 7.28. The molecule has 0 aliphatic heterocycles. The van der Waals surface area contributed by atoms with E-state index in [1.807, 2.05) is 0 Å². The average Bonchev–Trinajstić information content (AvgIpc) is 1.90. The van der Waals surface area contributed by atoms with E-state index in [0.717, 1.165) is 0 Å². The zero-order valence-electron chi connectivity index (χ0n) is 5.18. The van der Waals surface area contributed by atoms with Crippen LogP contribution >= 0.6 is 0 Å². The van der Waals surface area contributed by atoms with Crippen molar-refractivity contribution in [2.75, 3.05) is 0 Å². The zero-order valence-corrected chi connectivity index (χ0v) is 5.18. The van der Waals surface area contributed by atoms with Gasteiger partial charge in [-0.3, -0.25) is 0 Å². The summed E-state index contributed by atoms with van der Waals surface area (Å²) in [5.41, 5.74) is 5.66. The van der Waals surface area contributed by atoms with E-state index in [0.29, 0.717) is 12.1 Å². The standard InChI is InChI=1S/C6H7N3/c1-3-5(8)6(4-7)9-2/h3,8H2,1H3/b6-5-. The van der Waals surface area contributed by atoms with Crippen molar-refractivity contribution in [1.82, 2.24) is 0 Å². The molecule has 0 rings (SSSR count). The summed E-state index contributed by atoms with van der Waals surface area (Å²) in [5, 5.41) is 8.23. The molecule has 0 aromatic carbocycles. The van der Waals surface area contributed by atoms with E-state index in [1.54, 1.807) is 13.0 Å². The van der Waals surface area contributed by atoms with Crippen molar-refractivity contribution < 1.29 is 0 Å². The van der Waals surface area contributed by atoms with Crippen molar-refractivity contribution in [2.24, 2.45) is 5.73 Å². The molecule has 0 saturated carbocycles. The fraction of sp³-hybridized carbons (Fsp3) is 0.333. The van der Waals surface area contributed by atoms with Crippen LogP contribution in [0.4, 0.5) is 0 Å². The number of hydrogen-bond acceptors (Lipinski definition) is 2. The number of allylic oxidation sites excluding steroid dienone is 2. The highest BCUT2D eigenvalue weighted by molar-refractivity contribution is 5.31. The van der Waals surface area contributed by atoms with Gasteiger partial charge in [0.25, 0.3) is 5.70 Å².